The molecular formula is C16H24ClN3. The van der Waals surface area contributed by atoms with Gasteiger partial charge < -0.3 is 4.57 Å². The molecule has 0 bridgehead atoms. The number of hydrogen-bond acceptors (Lipinski definition) is 2. The average Bonchev–Trinajstić information content (AvgIpc) is 2.76. The van der Waals surface area contributed by atoms with E-state index in [9.17, 15) is 0 Å². The Kier molecular flexibility index (Phi) is 5.41. The number of rotatable bonds is 7. The van der Waals surface area contributed by atoms with Crippen LogP contribution >= 0.6 is 11.6 Å². The first-order chi connectivity index (χ1) is 9.63. The van der Waals surface area contributed by atoms with Crippen LogP contribution in [0.5, 0.6) is 0 Å². The lowest BCUT2D eigenvalue weighted by atomic mass is 10.0. The number of imidazole rings is 1. The molecule has 0 fully saturated rings. The quantitative estimate of drug-likeness (QED) is 0.699. The largest absolute Gasteiger partial charge is 0.310 e. The predicted molar refractivity (Wildman–Crippen MR) is 85.4 cm³/mol. The highest BCUT2D eigenvalue weighted by Gasteiger charge is 2.16. The summed E-state index contributed by atoms with van der Waals surface area (Å²) in [7, 11) is 0. The summed E-state index contributed by atoms with van der Waals surface area (Å²) in [5, 5.41) is 0. The molecule has 0 saturated heterocycles. The SMILES string of the molecule is CC(C)CCCC(C)n1c(CCCl)nc2cccnc21. The molecule has 2 rings (SSSR count). The normalized spacial score (nSPS) is 13.2. The van der Waals surface area contributed by atoms with Gasteiger partial charge in [0.2, 0.25) is 0 Å². The molecule has 4 heteroatoms. The van der Waals surface area contributed by atoms with Gasteiger partial charge in [-0.2, -0.15) is 0 Å². The highest BCUT2D eigenvalue weighted by molar-refractivity contribution is 6.17. The molecule has 0 aliphatic heterocycles. The van der Waals surface area contributed by atoms with Crippen molar-refractivity contribution in [2.75, 3.05) is 5.88 Å². The molecule has 1 unspecified atom stereocenters. The molecule has 1 atom stereocenters. The van der Waals surface area contributed by atoms with Crippen molar-refractivity contribution in [1.29, 1.82) is 0 Å². The van der Waals surface area contributed by atoms with Crippen LogP contribution in [0.1, 0.15) is 51.9 Å². The van der Waals surface area contributed by atoms with E-state index >= 15 is 0 Å². The van der Waals surface area contributed by atoms with Crippen molar-refractivity contribution < 1.29 is 0 Å². The summed E-state index contributed by atoms with van der Waals surface area (Å²) in [5.74, 6) is 2.43. The number of hydrogen-bond donors (Lipinski definition) is 0. The fourth-order valence-corrected chi connectivity index (χ4v) is 2.82. The van der Waals surface area contributed by atoms with Crippen LogP contribution in [0.4, 0.5) is 0 Å². The molecule has 2 aromatic heterocycles. The highest BCUT2D eigenvalue weighted by Crippen LogP contribution is 2.24. The Bertz CT molecular complexity index is 548. The second-order valence-electron chi connectivity index (χ2n) is 5.86. The molecule has 0 amide bonds. The second kappa shape index (κ2) is 7.07. The first-order valence-corrected chi connectivity index (χ1v) is 8.04. The van der Waals surface area contributed by atoms with Gasteiger partial charge in [-0.3, -0.25) is 0 Å². The third-order valence-electron chi connectivity index (χ3n) is 3.68. The summed E-state index contributed by atoms with van der Waals surface area (Å²) in [4.78, 5) is 9.19. The Labute approximate surface area is 126 Å². The van der Waals surface area contributed by atoms with Gasteiger partial charge in [0, 0.05) is 24.5 Å². The zero-order chi connectivity index (χ0) is 14.5. The summed E-state index contributed by atoms with van der Waals surface area (Å²) in [5.41, 5.74) is 1.97. The first kappa shape index (κ1) is 15.3. The standard InChI is InChI=1S/C16H24ClN3/c1-12(2)6-4-7-13(3)20-15(9-10-17)19-14-8-5-11-18-16(14)20/h5,8,11-13H,4,6-7,9-10H2,1-3H3. The van der Waals surface area contributed by atoms with E-state index < -0.39 is 0 Å². The molecule has 0 N–H and O–H groups in total. The minimum Gasteiger partial charge on any atom is -0.310 e. The van der Waals surface area contributed by atoms with Crippen molar-refractivity contribution in [3.8, 4) is 0 Å². The minimum absolute atomic E-state index is 0.423. The molecule has 0 aliphatic rings. The lowest BCUT2D eigenvalue weighted by Gasteiger charge is -2.17. The van der Waals surface area contributed by atoms with E-state index in [4.69, 9.17) is 11.6 Å². The summed E-state index contributed by atoms with van der Waals surface area (Å²) in [6, 6.07) is 4.39. The molecule has 110 valence electrons. The van der Waals surface area contributed by atoms with E-state index in [-0.39, 0.29) is 0 Å². The van der Waals surface area contributed by atoms with Crippen LogP contribution in [0.2, 0.25) is 0 Å². The van der Waals surface area contributed by atoms with Crippen molar-refractivity contribution in [2.24, 2.45) is 5.92 Å². The van der Waals surface area contributed by atoms with Gasteiger partial charge in [0.1, 0.15) is 11.3 Å². The Morgan fingerprint density at radius 3 is 2.75 bits per heavy atom. The number of alkyl halides is 1. The Balaban J connectivity index is 2.23. The van der Waals surface area contributed by atoms with Gasteiger partial charge in [0.05, 0.1) is 0 Å². The van der Waals surface area contributed by atoms with Gasteiger partial charge >= 0.3 is 0 Å². The van der Waals surface area contributed by atoms with Gasteiger partial charge in [0.15, 0.2) is 5.65 Å². The van der Waals surface area contributed by atoms with E-state index in [1.54, 1.807) is 0 Å². The van der Waals surface area contributed by atoms with E-state index in [1.807, 2.05) is 18.3 Å². The number of aromatic nitrogens is 3. The maximum Gasteiger partial charge on any atom is 0.160 e. The lowest BCUT2D eigenvalue weighted by Crippen LogP contribution is -2.11. The van der Waals surface area contributed by atoms with Crippen LogP contribution in [0.15, 0.2) is 18.3 Å². The summed E-state index contributed by atoms with van der Waals surface area (Å²) >= 11 is 5.91. The van der Waals surface area contributed by atoms with Gasteiger partial charge in [-0.15, -0.1) is 11.6 Å². The van der Waals surface area contributed by atoms with Crippen molar-refractivity contribution >= 4 is 22.8 Å². The molecule has 0 aliphatic carbocycles. The van der Waals surface area contributed by atoms with E-state index in [2.05, 4.69) is 35.3 Å². The number of fused-ring (bicyclic) bond motifs is 1. The Morgan fingerprint density at radius 2 is 2.05 bits per heavy atom. The van der Waals surface area contributed by atoms with E-state index in [0.29, 0.717) is 11.9 Å². The molecule has 0 spiro atoms. The summed E-state index contributed by atoms with van der Waals surface area (Å²) in [6.45, 7) is 6.81. The second-order valence-corrected chi connectivity index (χ2v) is 6.23. The molecule has 0 radical (unpaired) electrons. The molecule has 0 saturated carbocycles. The zero-order valence-corrected chi connectivity index (χ0v) is 13.4. The van der Waals surface area contributed by atoms with E-state index in [1.165, 1.54) is 12.8 Å². The summed E-state index contributed by atoms with van der Waals surface area (Å²) in [6.07, 6.45) is 6.31. The van der Waals surface area contributed by atoms with Gasteiger partial charge in [-0.05, 0) is 31.4 Å². The topological polar surface area (TPSA) is 30.7 Å². The van der Waals surface area contributed by atoms with Gasteiger partial charge in [-0.25, -0.2) is 9.97 Å². The predicted octanol–water partition coefficient (Wildman–Crippen LogP) is 4.60. The van der Waals surface area contributed by atoms with Gasteiger partial charge in [0.25, 0.3) is 0 Å². The fraction of sp³-hybridized carbons (Fsp3) is 0.625. The zero-order valence-electron chi connectivity index (χ0n) is 12.6. The van der Waals surface area contributed by atoms with Crippen LogP contribution in [-0.2, 0) is 6.42 Å². The maximum atomic E-state index is 5.91. The molecule has 3 nitrogen and oxygen atoms in total. The van der Waals surface area contributed by atoms with Crippen LogP contribution in [0.25, 0.3) is 11.2 Å². The number of nitrogens with zero attached hydrogens (tertiary/aromatic N) is 3. The van der Waals surface area contributed by atoms with Crippen LogP contribution in [0, 0.1) is 5.92 Å². The monoisotopic (exact) mass is 293 g/mol. The fourth-order valence-electron chi connectivity index (χ4n) is 2.65. The molecule has 0 aromatic carbocycles. The van der Waals surface area contributed by atoms with Crippen molar-refractivity contribution in [1.82, 2.24) is 14.5 Å². The first-order valence-electron chi connectivity index (χ1n) is 7.51. The molecule has 2 aromatic rings. The van der Waals surface area contributed by atoms with Crippen LogP contribution < -0.4 is 0 Å². The highest BCUT2D eigenvalue weighted by atomic mass is 35.5. The van der Waals surface area contributed by atoms with Crippen molar-refractivity contribution in [3.63, 3.8) is 0 Å². The average molecular weight is 294 g/mol. The molecular weight excluding hydrogens is 270 g/mol. The van der Waals surface area contributed by atoms with E-state index in [0.717, 1.165) is 35.7 Å². The summed E-state index contributed by atoms with van der Waals surface area (Å²) < 4.78 is 2.28. The Morgan fingerprint density at radius 1 is 1.25 bits per heavy atom. The van der Waals surface area contributed by atoms with Crippen LogP contribution in [0.3, 0.4) is 0 Å². The molecule has 2 heterocycles. The van der Waals surface area contributed by atoms with Crippen LogP contribution in [-0.4, -0.2) is 20.4 Å². The minimum atomic E-state index is 0.423. The Hall–Kier alpha value is -1.09. The third-order valence-corrected chi connectivity index (χ3v) is 3.87. The maximum absolute atomic E-state index is 5.91. The third kappa shape index (κ3) is 3.51. The van der Waals surface area contributed by atoms with Crippen molar-refractivity contribution in [2.45, 2.75) is 52.5 Å². The van der Waals surface area contributed by atoms with Crippen molar-refractivity contribution in [3.05, 3.63) is 24.2 Å². The number of aryl methyl sites for hydroxylation is 1. The molecule has 20 heavy (non-hydrogen) atoms. The number of pyridine rings is 1. The smallest absolute Gasteiger partial charge is 0.160 e. The van der Waals surface area contributed by atoms with Gasteiger partial charge in [-0.1, -0.05) is 26.7 Å². The number of halogens is 1. The lowest BCUT2D eigenvalue weighted by molar-refractivity contribution is 0.444.